The minimum atomic E-state index is -2.57. The number of amides is 1. The number of nitro benzene ring substituents is 1. The van der Waals surface area contributed by atoms with Crippen LogP contribution >= 0.6 is 37.5 Å². The Balaban J connectivity index is 0.000000281. The van der Waals surface area contributed by atoms with Crippen LogP contribution in [0.3, 0.4) is 0 Å². The summed E-state index contributed by atoms with van der Waals surface area (Å²) in [6.07, 6.45) is 5.35. The van der Waals surface area contributed by atoms with Gasteiger partial charge in [-0.15, -0.1) is 0 Å². The van der Waals surface area contributed by atoms with E-state index in [1.807, 2.05) is 42.5 Å². The van der Waals surface area contributed by atoms with Gasteiger partial charge in [0.15, 0.2) is 11.6 Å². The van der Waals surface area contributed by atoms with Crippen molar-refractivity contribution in [3.8, 4) is 11.5 Å². The summed E-state index contributed by atoms with van der Waals surface area (Å²) in [5, 5.41) is 29.2. The standard InChI is InChI=1S/C28H36ClN6O3P.C25H32ClN6O4P/c1-7-26(36)31-22-17-23(24(38-4)16-19(22)14-15-35(8-2)9-3)33-28-30-18-20(29)27(34-28)32-21-12-10-11-13-25(21)39(5,6)37;1-6-31(7-2)13-12-17-14-22(36-3)20(15-21(17)32(33)34)29-25-27-16-18(26)24(30-25)28-19-10-8-9-11-23(19)37(4,5)35/h7,10-13,16-18H,1,8-9,14-15H2,2-6H3,(H,31,36)(H2,30,32,33,34);8-11,14-16H,6-7,12-13H2,1-5H3,(H2,27,28,29,30). The maximum absolute atomic E-state index is 12.8. The maximum atomic E-state index is 12.8. The number of para-hydroxylation sites is 2. The van der Waals surface area contributed by atoms with Crippen LogP contribution in [-0.4, -0.2) is 121 Å². The highest BCUT2D eigenvalue weighted by Gasteiger charge is 2.23. The molecule has 0 aliphatic heterocycles. The molecular weight excluding hydrogens is 1050 g/mol. The van der Waals surface area contributed by atoms with Gasteiger partial charge in [0, 0.05) is 41.0 Å². The Morgan fingerprint density at radius 2 is 1.08 bits per heavy atom. The first-order valence-electron chi connectivity index (χ1n) is 24.5. The highest BCUT2D eigenvalue weighted by molar-refractivity contribution is 7.70. The summed E-state index contributed by atoms with van der Waals surface area (Å²) in [4.78, 5) is 45.7. The van der Waals surface area contributed by atoms with Crippen LogP contribution in [-0.2, 0) is 26.8 Å². The number of hydrogen-bond donors (Lipinski definition) is 5. The predicted octanol–water partition coefficient (Wildman–Crippen LogP) is 11.5. The van der Waals surface area contributed by atoms with Gasteiger partial charge in [-0.3, -0.25) is 14.9 Å². The lowest BCUT2D eigenvalue weighted by molar-refractivity contribution is -0.385. The molecule has 76 heavy (non-hydrogen) atoms. The van der Waals surface area contributed by atoms with Crippen LogP contribution < -0.4 is 46.7 Å². The molecule has 0 saturated heterocycles. The summed E-state index contributed by atoms with van der Waals surface area (Å²) in [7, 11) is -2.04. The number of nitrogens with one attached hydrogen (secondary N) is 5. The molecule has 0 spiro atoms. The molecule has 5 N–H and O–H groups in total. The van der Waals surface area contributed by atoms with Gasteiger partial charge in [0.05, 0.1) is 54.3 Å². The summed E-state index contributed by atoms with van der Waals surface area (Å²) in [5.41, 5.74) is 4.31. The first kappa shape index (κ1) is 60.3. The van der Waals surface area contributed by atoms with E-state index in [1.54, 1.807) is 58.0 Å². The number of likely N-dealkylation sites (N-methyl/N-ethyl adjacent to an activating group) is 2. The number of aromatic nitrogens is 4. The Kier molecular flexibility index (Phi) is 22.2. The van der Waals surface area contributed by atoms with E-state index in [9.17, 15) is 24.0 Å². The van der Waals surface area contributed by atoms with E-state index in [2.05, 4.69) is 90.6 Å². The van der Waals surface area contributed by atoms with E-state index in [4.69, 9.17) is 32.7 Å². The number of anilines is 9. The number of hydrogen-bond acceptors (Lipinski definition) is 17. The minimum Gasteiger partial charge on any atom is -0.495 e. The largest absolute Gasteiger partial charge is 0.495 e. The first-order chi connectivity index (χ1) is 36.2. The van der Waals surface area contributed by atoms with Gasteiger partial charge in [0.1, 0.15) is 35.8 Å². The van der Waals surface area contributed by atoms with Gasteiger partial charge in [-0.1, -0.05) is 81.7 Å². The number of nitrogens with zero attached hydrogens (tertiary/aromatic N) is 7. The van der Waals surface area contributed by atoms with Crippen molar-refractivity contribution in [2.75, 3.05) is 107 Å². The number of carbonyl (C=O) groups is 1. The van der Waals surface area contributed by atoms with Crippen LogP contribution in [0.25, 0.3) is 0 Å². The zero-order valence-electron chi connectivity index (χ0n) is 44.7. The van der Waals surface area contributed by atoms with Crippen molar-refractivity contribution >= 4 is 112 Å². The maximum Gasteiger partial charge on any atom is 0.274 e. The van der Waals surface area contributed by atoms with Crippen LogP contribution in [0.1, 0.15) is 38.8 Å². The summed E-state index contributed by atoms with van der Waals surface area (Å²) in [6, 6.07) is 21.4. The van der Waals surface area contributed by atoms with Crippen LogP contribution in [0, 0.1) is 10.1 Å². The molecule has 0 aliphatic carbocycles. The summed E-state index contributed by atoms with van der Waals surface area (Å²) in [5.74, 6) is 1.74. The third-order valence-corrected chi connectivity index (χ3v) is 15.8. The zero-order valence-corrected chi connectivity index (χ0v) is 48.0. The Morgan fingerprint density at radius 1 is 0.658 bits per heavy atom. The molecule has 0 fully saturated rings. The number of halogens is 2. The van der Waals surface area contributed by atoms with Gasteiger partial charge in [0.2, 0.25) is 17.8 Å². The number of benzene rings is 4. The summed E-state index contributed by atoms with van der Waals surface area (Å²) in [6.45, 7) is 23.8. The Morgan fingerprint density at radius 3 is 1.49 bits per heavy atom. The van der Waals surface area contributed by atoms with Crippen molar-refractivity contribution in [2.24, 2.45) is 0 Å². The van der Waals surface area contributed by atoms with Crippen molar-refractivity contribution in [1.82, 2.24) is 29.7 Å². The zero-order chi connectivity index (χ0) is 55.7. The highest BCUT2D eigenvalue weighted by atomic mass is 35.5. The van der Waals surface area contributed by atoms with Crippen molar-refractivity contribution in [2.45, 2.75) is 40.5 Å². The second kappa shape index (κ2) is 28.0. The normalized spacial score (nSPS) is 11.3. The predicted molar refractivity (Wildman–Crippen MR) is 313 cm³/mol. The molecular formula is C53H68Cl2N12O7P2. The second-order valence-electron chi connectivity index (χ2n) is 17.9. The first-order valence-corrected chi connectivity index (χ1v) is 30.5. The van der Waals surface area contributed by atoms with E-state index < -0.39 is 19.2 Å². The summed E-state index contributed by atoms with van der Waals surface area (Å²) >= 11 is 12.8. The van der Waals surface area contributed by atoms with E-state index in [1.165, 1.54) is 31.6 Å². The number of methoxy groups -OCH3 is 2. The van der Waals surface area contributed by atoms with Crippen molar-refractivity contribution < 1.29 is 28.3 Å². The molecule has 4 aromatic carbocycles. The molecule has 406 valence electrons. The van der Waals surface area contributed by atoms with E-state index in [0.29, 0.717) is 92.2 Å². The van der Waals surface area contributed by atoms with E-state index in [-0.39, 0.29) is 28.5 Å². The SMILES string of the molecule is C=CC(=O)Nc1cc(Nc2ncc(Cl)c(Nc3ccccc3P(C)(C)=O)n2)c(OC)cc1CCN(CC)CC.CCN(CC)CCc1cc(OC)c(Nc2ncc(Cl)c(Nc3ccccc3P(C)(C)=O)n2)cc1[N+](=O)[O-]. The van der Waals surface area contributed by atoms with Gasteiger partial charge in [-0.2, -0.15) is 9.97 Å². The molecule has 6 aromatic rings. The van der Waals surface area contributed by atoms with Crippen molar-refractivity contribution in [1.29, 1.82) is 0 Å². The number of carbonyl (C=O) groups excluding carboxylic acids is 1. The third kappa shape index (κ3) is 16.7. The second-order valence-corrected chi connectivity index (χ2v) is 25.1. The van der Waals surface area contributed by atoms with Crippen molar-refractivity contribution in [3.05, 3.63) is 129 Å². The average Bonchev–Trinajstić information content (AvgIpc) is 3.39. The molecule has 23 heteroatoms. The molecule has 19 nitrogen and oxygen atoms in total. The average molecular weight is 1120 g/mol. The Bertz CT molecular complexity index is 3090. The topological polar surface area (TPSA) is 231 Å². The highest BCUT2D eigenvalue weighted by Crippen LogP contribution is 2.41. The monoisotopic (exact) mass is 1120 g/mol. The molecule has 0 unspecified atom stereocenters. The van der Waals surface area contributed by atoms with E-state index >= 15 is 0 Å². The third-order valence-electron chi connectivity index (χ3n) is 12.1. The van der Waals surface area contributed by atoms with Crippen LogP contribution in [0.4, 0.5) is 57.7 Å². The van der Waals surface area contributed by atoms with Crippen LogP contribution in [0.5, 0.6) is 11.5 Å². The quantitative estimate of drug-likeness (QED) is 0.0155. The van der Waals surface area contributed by atoms with Crippen LogP contribution in [0.2, 0.25) is 10.0 Å². The fraction of sp³-hybridized carbons (Fsp3) is 0.340. The van der Waals surface area contributed by atoms with Gasteiger partial charge in [0.25, 0.3) is 5.69 Å². The van der Waals surface area contributed by atoms with Crippen molar-refractivity contribution in [3.63, 3.8) is 0 Å². The number of nitro groups is 1. The fourth-order valence-electron chi connectivity index (χ4n) is 7.90. The van der Waals surface area contributed by atoms with Gasteiger partial charge < -0.3 is 55.0 Å². The van der Waals surface area contributed by atoms with Gasteiger partial charge in [-0.05, 0) is 120 Å². The molecule has 0 bridgehead atoms. The summed E-state index contributed by atoms with van der Waals surface area (Å²) < 4.78 is 36.7. The smallest absolute Gasteiger partial charge is 0.274 e. The lowest BCUT2D eigenvalue weighted by Gasteiger charge is -2.21. The van der Waals surface area contributed by atoms with E-state index in [0.717, 1.165) is 38.3 Å². The molecule has 0 radical (unpaired) electrons. The Hall–Kier alpha value is -6.59. The molecule has 6 rings (SSSR count). The molecule has 2 heterocycles. The number of ether oxygens (including phenoxy) is 2. The molecule has 2 aromatic heterocycles. The molecule has 0 atom stereocenters. The molecule has 0 aliphatic rings. The lowest BCUT2D eigenvalue weighted by Crippen LogP contribution is -2.25. The van der Waals surface area contributed by atoms with Gasteiger partial charge in [-0.25, -0.2) is 9.97 Å². The minimum absolute atomic E-state index is 0.0154. The molecule has 1 amide bonds. The molecule has 0 saturated carbocycles. The van der Waals surface area contributed by atoms with Gasteiger partial charge >= 0.3 is 0 Å². The lowest BCUT2D eigenvalue weighted by atomic mass is 10.1. The fourth-order valence-corrected chi connectivity index (χ4v) is 10.5. The van der Waals surface area contributed by atoms with Crippen LogP contribution in [0.15, 0.2) is 97.8 Å². The number of rotatable bonds is 25. The Labute approximate surface area is 455 Å².